The van der Waals surface area contributed by atoms with Gasteiger partial charge in [0.2, 0.25) is 0 Å². The van der Waals surface area contributed by atoms with Crippen LogP contribution >= 0.6 is 0 Å². The fourth-order valence-electron chi connectivity index (χ4n) is 1.61. The number of dihydropyridines is 1. The van der Waals surface area contributed by atoms with Crippen LogP contribution in [-0.2, 0) is 6.42 Å². The van der Waals surface area contributed by atoms with Gasteiger partial charge in [-0.3, -0.25) is 4.99 Å². The second-order valence-corrected chi connectivity index (χ2v) is 3.95. The van der Waals surface area contributed by atoms with E-state index in [1.54, 1.807) is 0 Å². The van der Waals surface area contributed by atoms with Crippen LogP contribution in [0.25, 0.3) is 0 Å². The molecule has 2 rings (SSSR count). The fourth-order valence-corrected chi connectivity index (χ4v) is 1.61. The van der Waals surface area contributed by atoms with E-state index in [1.807, 2.05) is 18.3 Å². The molecule has 0 saturated carbocycles. The van der Waals surface area contributed by atoms with Crippen molar-refractivity contribution in [3.05, 3.63) is 47.3 Å². The van der Waals surface area contributed by atoms with Crippen molar-refractivity contribution in [1.29, 1.82) is 0 Å². The molecule has 0 amide bonds. The molecule has 1 atom stereocenters. The van der Waals surface area contributed by atoms with Gasteiger partial charge in [0.05, 0.1) is 6.04 Å². The summed E-state index contributed by atoms with van der Waals surface area (Å²) < 4.78 is 12.7. The molecule has 0 aromatic heterocycles. The highest BCUT2D eigenvalue weighted by atomic mass is 19.1. The number of hydrogen-bond acceptors (Lipinski definition) is 1. The van der Waals surface area contributed by atoms with Gasteiger partial charge >= 0.3 is 0 Å². The molecule has 1 heterocycles. The zero-order valence-electron chi connectivity index (χ0n) is 8.78. The molecule has 1 aliphatic rings. The van der Waals surface area contributed by atoms with Crippen LogP contribution in [0.15, 0.2) is 40.9 Å². The monoisotopic (exact) mass is 203 g/mol. The smallest absolute Gasteiger partial charge is 0.123 e. The molecule has 1 nitrogen and oxygen atoms in total. The Morgan fingerprint density at radius 3 is 2.67 bits per heavy atom. The quantitative estimate of drug-likeness (QED) is 0.700. The topological polar surface area (TPSA) is 12.4 Å². The Labute approximate surface area is 89.4 Å². The SMILES string of the molecule is CC1CC=C(Cc2ccc(F)cc2)C=N1. The van der Waals surface area contributed by atoms with Gasteiger partial charge in [0, 0.05) is 6.21 Å². The van der Waals surface area contributed by atoms with Gasteiger partial charge in [-0.15, -0.1) is 0 Å². The van der Waals surface area contributed by atoms with Gasteiger partial charge in [0.15, 0.2) is 0 Å². The molecule has 2 heteroatoms. The first-order chi connectivity index (χ1) is 7.24. The summed E-state index contributed by atoms with van der Waals surface area (Å²) in [5.41, 5.74) is 2.35. The molecule has 78 valence electrons. The van der Waals surface area contributed by atoms with Gasteiger partial charge in [-0.05, 0) is 43.0 Å². The van der Waals surface area contributed by atoms with Crippen LogP contribution in [0.3, 0.4) is 0 Å². The molecule has 0 saturated heterocycles. The average molecular weight is 203 g/mol. The van der Waals surface area contributed by atoms with Crippen molar-refractivity contribution in [2.75, 3.05) is 0 Å². The van der Waals surface area contributed by atoms with Gasteiger partial charge in [0.1, 0.15) is 5.82 Å². The summed E-state index contributed by atoms with van der Waals surface area (Å²) >= 11 is 0. The second kappa shape index (κ2) is 4.39. The minimum atomic E-state index is -0.182. The van der Waals surface area contributed by atoms with E-state index >= 15 is 0 Å². The third-order valence-corrected chi connectivity index (χ3v) is 2.54. The molecule has 0 N–H and O–H groups in total. The zero-order valence-corrected chi connectivity index (χ0v) is 8.78. The standard InChI is InChI=1S/C13H14FN/c1-10-2-3-12(9-15-10)8-11-4-6-13(14)7-5-11/h3-7,9-10H,2,8H2,1H3. The number of halogens is 1. The van der Waals surface area contributed by atoms with Crippen LogP contribution in [-0.4, -0.2) is 12.3 Å². The van der Waals surface area contributed by atoms with E-state index in [0.29, 0.717) is 6.04 Å². The Morgan fingerprint density at radius 2 is 2.07 bits per heavy atom. The van der Waals surface area contributed by atoms with Crippen LogP contribution in [0.2, 0.25) is 0 Å². The number of rotatable bonds is 2. The maximum atomic E-state index is 12.7. The van der Waals surface area contributed by atoms with Gasteiger partial charge in [-0.1, -0.05) is 18.2 Å². The van der Waals surface area contributed by atoms with E-state index in [-0.39, 0.29) is 5.82 Å². The highest BCUT2D eigenvalue weighted by Gasteiger charge is 2.05. The Morgan fingerprint density at radius 1 is 1.33 bits per heavy atom. The molecule has 0 fully saturated rings. The highest BCUT2D eigenvalue weighted by molar-refractivity contribution is 5.80. The van der Waals surface area contributed by atoms with Crippen molar-refractivity contribution in [3.63, 3.8) is 0 Å². The average Bonchev–Trinajstić information content (AvgIpc) is 2.25. The third-order valence-electron chi connectivity index (χ3n) is 2.54. The van der Waals surface area contributed by atoms with Crippen LogP contribution in [0.5, 0.6) is 0 Å². The van der Waals surface area contributed by atoms with Gasteiger partial charge < -0.3 is 0 Å². The Hall–Kier alpha value is -1.44. The van der Waals surface area contributed by atoms with Crippen molar-refractivity contribution in [2.24, 2.45) is 4.99 Å². The van der Waals surface area contributed by atoms with E-state index in [0.717, 1.165) is 18.4 Å². The summed E-state index contributed by atoms with van der Waals surface area (Å²) in [4.78, 5) is 4.36. The van der Waals surface area contributed by atoms with Crippen molar-refractivity contribution in [2.45, 2.75) is 25.8 Å². The molecule has 15 heavy (non-hydrogen) atoms. The first kappa shape index (κ1) is 10.1. The molecule has 0 bridgehead atoms. The van der Waals surface area contributed by atoms with Crippen LogP contribution < -0.4 is 0 Å². The first-order valence-electron chi connectivity index (χ1n) is 5.21. The van der Waals surface area contributed by atoms with Crippen molar-refractivity contribution in [3.8, 4) is 0 Å². The molecule has 0 radical (unpaired) electrons. The normalized spacial score (nSPS) is 20.1. The molecule has 0 spiro atoms. The minimum Gasteiger partial charge on any atom is -0.290 e. The van der Waals surface area contributed by atoms with E-state index in [9.17, 15) is 4.39 Å². The first-order valence-corrected chi connectivity index (χ1v) is 5.21. The third kappa shape index (κ3) is 2.75. The highest BCUT2D eigenvalue weighted by Crippen LogP contribution is 2.13. The number of benzene rings is 1. The fraction of sp³-hybridized carbons (Fsp3) is 0.308. The minimum absolute atomic E-state index is 0.182. The number of nitrogens with zero attached hydrogens (tertiary/aromatic N) is 1. The Bertz CT molecular complexity index is 390. The molecule has 0 aliphatic carbocycles. The molecular weight excluding hydrogens is 189 g/mol. The predicted octanol–water partition coefficient (Wildman–Crippen LogP) is 3.16. The van der Waals surface area contributed by atoms with E-state index in [2.05, 4.69) is 18.0 Å². The maximum Gasteiger partial charge on any atom is 0.123 e. The summed E-state index contributed by atoms with van der Waals surface area (Å²) in [6.45, 7) is 2.10. The van der Waals surface area contributed by atoms with Crippen LogP contribution in [0.4, 0.5) is 4.39 Å². The lowest BCUT2D eigenvalue weighted by molar-refractivity contribution is 0.627. The van der Waals surface area contributed by atoms with E-state index in [4.69, 9.17) is 0 Å². The number of allylic oxidation sites excluding steroid dienone is 1. The van der Waals surface area contributed by atoms with Gasteiger partial charge in [0.25, 0.3) is 0 Å². The second-order valence-electron chi connectivity index (χ2n) is 3.95. The van der Waals surface area contributed by atoms with Gasteiger partial charge in [-0.25, -0.2) is 4.39 Å². The van der Waals surface area contributed by atoms with Crippen molar-refractivity contribution in [1.82, 2.24) is 0 Å². The summed E-state index contributed by atoms with van der Waals surface area (Å²) in [5.74, 6) is -0.182. The zero-order chi connectivity index (χ0) is 10.7. The number of aliphatic imine (C=N–C) groups is 1. The summed E-state index contributed by atoms with van der Waals surface area (Å²) in [6, 6.07) is 7.04. The molecule has 1 aromatic rings. The van der Waals surface area contributed by atoms with Gasteiger partial charge in [-0.2, -0.15) is 0 Å². The Kier molecular flexibility index (Phi) is 2.95. The van der Waals surface area contributed by atoms with Crippen LogP contribution in [0.1, 0.15) is 18.9 Å². The van der Waals surface area contributed by atoms with E-state index in [1.165, 1.54) is 17.7 Å². The van der Waals surface area contributed by atoms with Crippen molar-refractivity contribution < 1.29 is 4.39 Å². The van der Waals surface area contributed by atoms with Crippen LogP contribution in [0, 0.1) is 5.82 Å². The molecule has 1 aliphatic heterocycles. The maximum absolute atomic E-state index is 12.7. The van der Waals surface area contributed by atoms with E-state index < -0.39 is 0 Å². The largest absolute Gasteiger partial charge is 0.290 e. The predicted molar refractivity (Wildman–Crippen MR) is 60.8 cm³/mol. The number of hydrogen-bond donors (Lipinski definition) is 0. The summed E-state index contributed by atoms with van der Waals surface area (Å²) in [6.07, 6.45) is 5.99. The van der Waals surface area contributed by atoms with Crippen molar-refractivity contribution >= 4 is 6.21 Å². The molecule has 1 aromatic carbocycles. The summed E-state index contributed by atoms with van der Waals surface area (Å²) in [5, 5.41) is 0. The summed E-state index contributed by atoms with van der Waals surface area (Å²) in [7, 11) is 0. The molecule has 1 unspecified atom stereocenters. The lowest BCUT2D eigenvalue weighted by Crippen LogP contribution is -2.05. The molecular formula is C13H14FN. The lowest BCUT2D eigenvalue weighted by atomic mass is 10.0. The lowest BCUT2D eigenvalue weighted by Gasteiger charge is -2.11. The Balaban J connectivity index is 2.04.